The number of hydrogen-bond acceptors (Lipinski definition) is 7. The lowest BCUT2D eigenvalue weighted by atomic mass is 10.3. The Hall–Kier alpha value is -4.61. The summed E-state index contributed by atoms with van der Waals surface area (Å²) in [5.41, 5.74) is 1.52. The summed E-state index contributed by atoms with van der Waals surface area (Å²) in [4.78, 5) is 25.4. The molecule has 3 aromatic heterocycles. The zero-order valence-electron chi connectivity index (χ0n) is 18.9. The number of hydrogen-bond donors (Lipinski definition) is 2. The average Bonchev–Trinajstić information content (AvgIpc) is 3.57. The van der Waals surface area contributed by atoms with E-state index >= 15 is 0 Å². The minimum Gasteiger partial charge on any atom is -0.497 e. The number of ether oxygens (including phenoxy) is 2. The molecule has 0 fully saturated rings. The van der Waals surface area contributed by atoms with E-state index < -0.39 is 5.91 Å². The van der Waals surface area contributed by atoms with Crippen LogP contribution < -0.4 is 20.1 Å². The number of amides is 2. The van der Waals surface area contributed by atoms with Gasteiger partial charge >= 0.3 is 0 Å². The highest BCUT2D eigenvalue weighted by Crippen LogP contribution is 2.18. The van der Waals surface area contributed by atoms with Crippen molar-refractivity contribution in [2.75, 3.05) is 12.4 Å². The Morgan fingerprint density at radius 1 is 1.00 bits per heavy atom. The van der Waals surface area contributed by atoms with Crippen LogP contribution in [0.3, 0.4) is 0 Å². The van der Waals surface area contributed by atoms with Gasteiger partial charge in [-0.2, -0.15) is 15.3 Å². The Labute approximate surface area is 195 Å². The molecule has 3 heterocycles. The Kier molecular flexibility index (Phi) is 6.57. The molecule has 1 aromatic carbocycles. The molecule has 0 aliphatic rings. The first-order chi connectivity index (χ1) is 16.4. The molecular weight excluding hydrogens is 440 g/mol. The molecule has 0 aliphatic heterocycles. The lowest BCUT2D eigenvalue weighted by Crippen LogP contribution is -2.26. The number of methoxy groups -OCH3 is 1. The fourth-order valence-electron chi connectivity index (χ4n) is 3.18. The molecule has 0 bridgehead atoms. The van der Waals surface area contributed by atoms with Crippen molar-refractivity contribution < 1.29 is 19.1 Å². The largest absolute Gasteiger partial charge is 0.497 e. The number of aryl methyl sites for hydroxylation is 2. The molecule has 0 saturated heterocycles. The van der Waals surface area contributed by atoms with Gasteiger partial charge in [-0.3, -0.25) is 19.0 Å². The van der Waals surface area contributed by atoms with Gasteiger partial charge in [-0.1, -0.05) is 0 Å². The molecular formula is C22H24N8O4. The summed E-state index contributed by atoms with van der Waals surface area (Å²) in [6.45, 7) is 0.415. The van der Waals surface area contributed by atoms with E-state index in [1.165, 1.54) is 15.6 Å². The molecule has 4 rings (SSSR count). The quantitative estimate of drug-likeness (QED) is 0.385. The van der Waals surface area contributed by atoms with Gasteiger partial charge < -0.3 is 20.1 Å². The lowest BCUT2D eigenvalue weighted by Gasteiger charge is -2.08. The van der Waals surface area contributed by atoms with Crippen LogP contribution in [0, 0.1) is 0 Å². The van der Waals surface area contributed by atoms with E-state index in [4.69, 9.17) is 9.47 Å². The number of anilines is 1. The summed E-state index contributed by atoms with van der Waals surface area (Å²) in [6, 6.07) is 8.69. The molecule has 0 unspecified atom stereocenters. The maximum absolute atomic E-state index is 12.7. The minimum atomic E-state index is -0.475. The molecule has 0 saturated carbocycles. The fourth-order valence-corrected chi connectivity index (χ4v) is 3.18. The van der Waals surface area contributed by atoms with E-state index in [0.717, 1.165) is 11.3 Å². The van der Waals surface area contributed by atoms with Crippen LogP contribution in [-0.4, -0.2) is 48.3 Å². The first-order valence-corrected chi connectivity index (χ1v) is 10.3. The van der Waals surface area contributed by atoms with Gasteiger partial charge in [0.1, 0.15) is 17.2 Å². The predicted octanol–water partition coefficient (Wildman–Crippen LogP) is 1.58. The molecule has 12 nitrogen and oxygen atoms in total. The maximum Gasteiger partial charge on any atom is 0.276 e. The van der Waals surface area contributed by atoms with Gasteiger partial charge in [0.25, 0.3) is 11.8 Å². The van der Waals surface area contributed by atoms with E-state index in [1.807, 2.05) is 0 Å². The average molecular weight is 464 g/mol. The molecule has 2 N–H and O–H groups in total. The monoisotopic (exact) mass is 464 g/mol. The fraction of sp³-hybridized carbons (Fsp3) is 0.227. The van der Waals surface area contributed by atoms with E-state index in [2.05, 4.69) is 25.9 Å². The molecule has 12 heteroatoms. The Bertz CT molecular complexity index is 1290. The van der Waals surface area contributed by atoms with Crippen molar-refractivity contribution in [1.29, 1.82) is 0 Å². The van der Waals surface area contributed by atoms with Crippen LogP contribution in [-0.2, 0) is 27.4 Å². The van der Waals surface area contributed by atoms with Gasteiger partial charge in [-0.15, -0.1) is 0 Å². The van der Waals surface area contributed by atoms with Gasteiger partial charge in [0, 0.05) is 38.6 Å². The summed E-state index contributed by atoms with van der Waals surface area (Å²) in [6.07, 6.45) is 6.52. The van der Waals surface area contributed by atoms with Crippen molar-refractivity contribution in [3.63, 3.8) is 0 Å². The van der Waals surface area contributed by atoms with Crippen LogP contribution in [0.5, 0.6) is 11.5 Å². The highest BCUT2D eigenvalue weighted by atomic mass is 16.5. The molecule has 0 radical (unpaired) electrons. The first-order valence-electron chi connectivity index (χ1n) is 10.3. The van der Waals surface area contributed by atoms with Crippen LogP contribution in [0.2, 0.25) is 0 Å². The van der Waals surface area contributed by atoms with Gasteiger partial charge in [0.15, 0.2) is 12.4 Å². The second kappa shape index (κ2) is 9.90. The van der Waals surface area contributed by atoms with Gasteiger partial charge in [-0.05, 0) is 30.3 Å². The van der Waals surface area contributed by atoms with Crippen LogP contribution in [0.1, 0.15) is 26.5 Å². The number of benzene rings is 1. The van der Waals surface area contributed by atoms with Gasteiger partial charge in [0.2, 0.25) is 0 Å². The number of nitrogens with one attached hydrogen (secondary N) is 2. The summed E-state index contributed by atoms with van der Waals surface area (Å²) < 4.78 is 15.3. The van der Waals surface area contributed by atoms with Crippen LogP contribution in [0.25, 0.3) is 0 Å². The first kappa shape index (κ1) is 22.6. The Morgan fingerprint density at radius 2 is 1.76 bits per heavy atom. The standard InChI is InChI=1S/C22H24N8O4/c1-28-13-15(11-24-28)10-23-22(32)20-19(12-25-29(20)2)26-21(31)18-8-9-30(27-18)14-34-17-6-4-16(33-3)5-7-17/h4-9,11-13H,10,14H2,1-3H3,(H,23,32)(H,26,31). The van der Waals surface area contributed by atoms with Gasteiger partial charge in [-0.25, -0.2) is 4.68 Å². The van der Waals surface area contributed by atoms with E-state index in [1.54, 1.807) is 74.8 Å². The highest BCUT2D eigenvalue weighted by molar-refractivity contribution is 6.07. The number of nitrogens with zero attached hydrogens (tertiary/aromatic N) is 6. The maximum atomic E-state index is 12.7. The number of carbonyl (C=O) groups is 2. The van der Waals surface area contributed by atoms with Crippen molar-refractivity contribution in [2.24, 2.45) is 14.1 Å². The number of carbonyl (C=O) groups excluding carboxylic acids is 2. The van der Waals surface area contributed by atoms with E-state index in [-0.39, 0.29) is 29.7 Å². The molecule has 0 aliphatic carbocycles. The normalized spacial score (nSPS) is 10.7. The van der Waals surface area contributed by atoms with Crippen LogP contribution >= 0.6 is 0 Å². The lowest BCUT2D eigenvalue weighted by molar-refractivity contribution is 0.0942. The third-order valence-electron chi connectivity index (χ3n) is 4.91. The van der Waals surface area contributed by atoms with Crippen molar-refractivity contribution in [2.45, 2.75) is 13.3 Å². The second-order valence-corrected chi connectivity index (χ2v) is 7.38. The van der Waals surface area contributed by atoms with E-state index in [9.17, 15) is 9.59 Å². The predicted molar refractivity (Wildman–Crippen MR) is 121 cm³/mol. The minimum absolute atomic E-state index is 0.120. The molecule has 176 valence electrons. The smallest absolute Gasteiger partial charge is 0.276 e. The summed E-state index contributed by atoms with van der Waals surface area (Å²) in [5.74, 6) is 0.514. The number of aromatic nitrogens is 6. The third kappa shape index (κ3) is 5.23. The van der Waals surface area contributed by atoms with Gasteiger partial charge in [0.05, 0.1) is 25.2 Å². The third-order valence-corrected chi connectivity index (χ3v) is 4.91. The molecule has 34 heavy (non-hydrogen) atoms. The summed E-state index contributed by atoms with van der Waals surface area (Å²) >= 11 is 0. The SMILES string of the molecule is COc1ccc(OCn2ccc(C(=O)Nc3cnn(C)c3C(=O)NCc3cnn(C)c3)n2)cc1. The van der Waals surface area contributed by atoms with Crippen molar-refractivity contribution in [3.8, 4) is 11.5 Å². The Morgan fingerprint density at radius 3 is 2.47 bits per heavy atom. The second-order valence-electron chi connectivity index (χ2n) is 7.38. The van der Waals surface area contributed by atoms with Crippen LogP contribution in [0.15, 0.2) is 55.1 Å². The van der Waals surface area contributed by atoms with Crippen molar-refractivity contribution in [1.82, 2.24) is 34.7 Å². The summed E-state index contributed by atoms with van der Waals surface area (Å²) in [5, 5.41) is 17.9. The Balaban J connectivity index is 1.36. The topological polar surface area (TPSA) is 130 Å². The molecule has 0 spiro atoms. The van der Waals surface area contributed by atoms with Crippen molar-refractivity contribution >= 4 is 17.5 Å². The molecule has 0 atom stereocenters. The molecule has 4 aromatic rings. The summed E-state index contributed by atoms with van der Waals surface area (Å²) in [7, 11) is 5.02. The van der Waals surface area contributed by atoms with Crippen LogP contribution in [0.4, 0.5) is 5.69 Å². The van der Waals surface area contributed by atoms with E-state index in [0.29, 0.717) is 12.3 Å². The van der Waals surface area contributed by atoms with Crippen molar-refractivity contribution in [3.05, 3.63) is 72.1 Å². The molecule has 2 amide bonds. The zero-order chi connectivity index (χ0) is 24.1. The zero-order valence-corrected chi connectivity index (χ0v) is 18.9. The number of rotatable bonds is 9. The highest BCUT2D eigenvalue weighted by Gasteiger charge is 2.20.